The Labute approximate surface area is 158 Å². The lowest BCUT2D eigenvalue weighted by Gasteiger charge is -2.28. The highest BCUT2D eigenvalue weighted by Gasteiger charge is 2.23. The number of anilines is 2. The number of urea groups is 1. The molecule has 2 N–H and O–H groups in total. The predicted molar refractivity (Wildman–Crippen MR) is 103 cm³/mol. The number of amides is 3. The SMILES string of the molecule is CCCn1ccnc1CNC(=O)Nc1ccc2c(c1)CCCN2C(=O)OC. The van der Waals surface area contributed by atoms with Crippen molar-refractivity contribution in [3.05, 3.63) is 42.0 Å². The highest BCUT2D eigenvalue weighted by atomic mass is 16.5. The van der Waals surface area contributed by atoms with Crippen LogP contribution in [-0.2, 0) is 24.2 Å². The number of benzene rings is 1. The minimum absolute atomic E-state index is 0.290. The second-order valence-corrected chi connectivity index (χ2v) is 6.41. The van der Waals surface area contributed by atoms with Crippen LogP contribution in [0.15, 0.2) is 30.6 Å². The molecule has 0 radical (unpaired) electrons. The van der Waals surface area contributed by atoms with Gasteiger partial charge in [0.2, 0.25) is 0 Å². The van der Waals surface area contributed by atoms with Gasteiger partial charge < -0.3 is 19.9 Å². The van der Waals surface area contributed by atoms with Gasteiger partial charge in [0.1, 0.15) is 5.82 Å². The van der Waals surface area contributed by atoms with Crippen molar-refractivity contribution < 1.29 is 14.3 Å². The van der Waals surface area contributed by atoms with Crippen molar-refractivity contribution in [1.29, 1.82) is 0 Å². The number of carbonyl (C=O) groups is 2. The van der Waals surface area contributed by atoms with Gasteiger partial charge >= 0.3 is 12.1 Å². The fraction of sp³-hybridized carbons (Fsp3) is 0.421. The van der Waals surface area contributed by atoms with Gasteiger partial charge in [-0.05, 0) is 43.0 Å². The number of hydrogen-bond acceptors (Lipinski definition) is 4. The third-order valence-electron chi connectivity index (χ3n) is 4.52. The topological polar surface area (TPSA) is 88.5 Å². The molecule has 1 aromatic heterocycles. The first-order chi connectivity index (χ1) is 13.1. The van der Waals surface area contributed by atoms with Crippen LogP contribution >= 0.6 is 0 Å². The highest BCUT2D eigenvalue weighted by molar-refractivity contribution is 5.92. The molecule has 2 heterocycles. The number of ether oxygens (including phenoxy) is 1. The van der Waals surface area contributed by atoms with Crippen molar-refractivity contribution in [2.75, 3.05) is 23.9 Å². The summed E-state index contributed by atoms with van der Waals surface area (Å²) in [6.07, 6.45) is 6.01. The third kappa shape index (κ3) is 4.39. The van der Waals surface area contributed by atoms with Crippen molar-refractivity contribution in [3.8, 4) is 0 Å². The van der Waals surface area contributed by atoms with E-state index in [2.05, 4.69) is 22.5 Å². The average molecular weight is 371 g/mol. The Morgan fingerprint density at radius 2 is 2.19 bits per heavy atom. The number of nitrogens with one attached hydrogen (secondary N) is 2. The number of methoxy groups -OCH3 is 1. The molecule has 144 valence electrons. The highest BCUT2D eigenvalue weighted by Crippen LogP contribution is 2.30. The number of hydrogen-bond donors (Lipinski definition) is 2. The summed E-state index contributed by atoms with van der Waals surface area (Å²) < 4.78 is 6.86. The normalized spacial score (nSPS) is 13.0. The van der Waals surface area contributed by atoms with Crippen molar-refractivity contribution >= 4 is 23.5 Å². The van der Waals surface area contributed by atoms with Gasteiger partial charge in [-0.3, -0.25) is 4.90 Å². The van der Waals surface area contributed by atoms with Crippen LogP contribution in [0.1, 0.15) is 31.2 Å². The molecular weight excluding hydrogens is 346 g/mol. The lowest BCUT2D eigenvalue weighted by atomic mass is 10.0. The van der Waals surface area contributed by atoms with Crippen LogP contribution in [0.4, 0.5) is 21.0 Å². The third-order valence-corrected chi connectivity index (χ3v) is 4.52. The van der Waals surface area contributed by atoms with Crippen molar-refractivity contribution in [2.45, 2.75) is 39.3 Å². The van der Waals surface area contributed by atoms with Gasteiger partial charge in [-0.2, -0.15) is 0 Å². The molecule has 0 spiro atoms. The zero-order valence-corrected chi connectivity index (χ0v) is 15.7. The van der Waals surface area contributed by atoms with Crippen LogP contribution < -0.4 is 15.5 Å². The Morgan fingerprint density at radius 1 is 1.33 bits per heavy atom. The molecule has 0 saturated heterocycles. The van der Waals surface area contributed by atoms with E-state index in [0.29, 0.717) is 18.8 Å². The first kappa shape index (κ1) is 18.8. The maximum Gasteiger partial charge on any atom is 0.414 e. The van der Waals surface area contributed by atoms with E-state index in [1.54, 1.807) is 17.2 Å². The van der Waals surface area contributed by atoms with Gasteiger partial charge in [0.25, 0.3) is 0 Å². The summed E-state index contributed by atoms with van der Waals surface area (Å²) >= 11 is 0. The lowest BCUT2D eigenvalue weighted by Crippen LogP contribution is -2.35. The van der Waals surface area contributed by atoms with E-state index in [9.17, 15) is 9.59 Å². The van der Waals surface area contributed by atoms with Crippen LogP contribution in [0.25, 0.3) is 0 Å². The summed E-state index contributed by atoms with van der Waals surface area (Å²) in [6, 6.07) is 5.25. The van der Waals surface area contributed by atoms with Gasteiger partial charge in [-0.1, -0.05) is 6.92 Å². The standard InChI is InChI=1S/C19H25N5O3/c1-3-9-23-11-8-20-17(23)13-21-18(25)22-15-6-7-16-14(12-15)5-4-10-24(16)19(26)27-2/h6-8,11-12H,3-5,9-10,13H2,1-2H3,(H2,21,22,25). The summed E-state index contributed by atoms with van der Waals surface area (Å²) in [5, 5.41) is 5.67. The Morgan fingerprint density at radius 3 is 2.96 bits per heavy atom. The number of aryl methyl sites for hydroxylation is 2. The van der Waals surface area contributed by atoms with Crippen LogP contribution in [0.3, 0.4) is 0 Å². The summed E-state index contributed by atoms with van der Waals surface area (Å²) in [4.78, 5) is 30.0. The number of rotatable bonds is 5. The minimum Gasteiger partial charge on any atom is -0.452 e. The molecule has 0 atom stereocenters. The zero-order valence-electron chi connectivity index (χ0n) is 15.7. The molecule has 3 amide bonds. The molecule has 27 heavy (non-hydrogen) atoms. The fourth-order valence-electron chi connectivity index (χ4n) is 3.26. The van der Waals surface area contributed by atoms with Crippen LogP contribution in [-0.4, -0.2) is 35.3 Å². The Hall–Kier alpha value is -3.03. The molecule has 0 unspecified atom stereocenters. The van der Waals surface area contributed by atoms with Crippen LogP contribution in [0, 0.1) is 0 Å². The van der Waals surface area contributed by atoms with Gasteiger partial charge in [0, 0.05) is 31.2 Å². The molecule has 8 nitrogen and oxygen atoms in total. The minimum atomic E-state index is -0.364. The maximum absolute atomic E-state index is 12.2. The molecule has 0 fully saturated rings. The Kier molecular flexibility index (Phi) is 5.95. The average Bonchev–Trinajstić information content (AvgIpc) is 3.12. The van der Waals surface area contributed by atoms with Gasteiger partial charge in [-0.15, -0.1) is 0 Å². The van der Waals surface area contributed by atoms with Gasteiger partial charge in [0.15, 0.2) is 0 Å². The van der Waals surface area contributed by atoms with Crippen molar-refractivity contribution in [1.82, 2.24) is 14.9 Å². The number of nitrogens with zero attached hydrogens (tertiary/aromatic N) is 3. The summed E-state index contributed by atoms with van der Waals surface area (Å²) in [5.74, 6) is 0.825. The molecule has 3 rings (SSSR count). The molecule has 0 aliphatic carbocycles. The first-order valence-electron chi connectivity index (χ1n) is 9.15. The van der Waals surface area contributed by atoms with Crippen LogP contribution in [0.5, 0.6) is 0 Å². The molecule has 2 aromatic rings. The second-order valence-electron chi connectivity index (χ2n) is 6.41. The van der Waals surface area contributed by atoms with Crippen LogP contribution in [0.2, 0.25) is 0 Å². The van der Waals surface area contributed by atoms with E-state index in [1.807, 2.05) is 22.9 Å². The monoisotopic (exact) mass is 371 g/mol. The van der Waals surface area contributed by atoms with E-state index in [4.69, 9.17) is 4.74 Å². The molecule has 1 aliphatic heterocycles. The summed E-state index contributed by atoms with van der Waals surface area (Å²) in [5.41, 5.74) is 2.54. The van der Waals surface area contributed by atoms with E-state index in [-0.39, 0.29) is 12.1 Å². The largest absolute Gasteiger partial charge is 0.452 e. The second kappa shape index (κ2) is 8.57. The number of aromatic nitrogens is 2. The summed E-state index contributed by atoms with van der Waals surface area (Å²) in [6.45, 7) is 3.97. The maximum atomic E-state index is 12.2. The van der Waals surface area contributed by atoms with Gasteiger partial charge in [0.05, 0.1) is 19.3 Å². The van der Waals surface area contributed by atoms with Gasteiger partial charge in [-0.25, -0.2) is 14.6 Å². The smallest absolute Gasteiger partial charge is 0.414 e. The number of fused-ring (bicyclic) bond motifs is 1. The van der Waals surface area contributed by atoms with Crippen molar-refractivity contribution in [3.63, 3.8) is 0 Å². The van der Waals surface area contributed by atoms with Crippen molar-refractivity contribution in [2.24, 2.45) is 0 Å². The molecule has 0 saturated carbocycles. The van der Waals surface area contributed by atoms with E-state index >= 15 is 0 Å². The first-order valence-corrected chi connectivity index (χ1v) is 9.15. The quantitative estimate of drug-likeness (QED) is 0.845. The zero-order chi connectivity index (χ0) is 19.2. The molecule has 8 heteroatoms. The molecule has 1 aromatic carbocycles. The fourth-order valence-corrected chi connectivity index (χ4v) is 3.26. The van der Waals surface area contributed by atoms with E-state index in [0.717, 1.165) is 42.9 Å². The molecule has 0 bridgehead atoms. The van der Waals surface area contributed by atoms with E-state index < -0.39 is 0 Å². The predicted octanol–water partition coefficient (Wildman–Crippen LogP) is 3.13. The molecule has 1 aliphatic rings. The lowest BCUT2D eigenvalue weighted by molar-refractivity contribution is 0.178. The molecular formula is C19H25N5O3. The Bertz CT molecular complexity index is 817. The number of imidazole rings is 1. The number of carbonyl (C=O) groups excluding carboxylic acids is 2. The summed E-state index contributed by atoms with van der Waals surface area (Å²) in [7, 11) is 1.38. The van der Waals surface area contributed by atoms with E-state index in [1.165, 1.54) is 7.11 Å². The Balaban J connectivity index is 1.61.